The van der Waals surface area contributed by atoms with Gasteiger partial charge in [0.1, 0.15) is 11.5 Å². The van der Waals surface area contributed by atoms with Crippen LogP contribution in [0, 0.1) is 5.92 Å². The van der Waals surface area contributed by atoms with Crippen molar-refractivity contribution in [2.45, 2.75) is 12.6 Å². The van der Waals surface area contributed by atoms with Crippen LogP contribution >= 0.6 is 0 Å². The Kier molecular flexibility index (Phi) is 5.23. The second-order valence-electron chi connectivity index (χ2n) is 6.57. The summed E-state index contributed by atoms with van der Waals surface area (Å²) in [6, 6.07) is 5.23. The van der Waals surface area contributed by atoms with Crippen LogP contribution in [0.15, 0.2) is 18.2 Å². The smallest absolute Gasteiger partial charge is 0.317 e. The third-order valence-electron chi connectivity index (χ3n) is 4.65. The maximum absolute atomic E-state index is 11.1. The molecule has 0 unspecified atom stereocenters. The fourth-order valence-corrected chi connectivity index (χ4v) is 3.65. The highest BCUT2D eigenvalue weighted by Gasteiger charge is 2.34. The summed E-state index contributed by atoms with van der Waals surface area (Å²) in [4.78, 5) is 15.4. The molecule has 2 saturated heterocycles. The van der Waals surface area contributed by atoms with E-state index in [0.29, 0.717) is 26.3 Å². The summed E-state index contributed by atoms with van der Waals surface area (Å²) in [7, 11) is 1.62. The average molecular weight is 336 g/mol. The first-order valence-electron chi connectivity index (χ1n) is 8.17. The third-order valence-corrected chi connectivity index (χ3v) is 4.65. The van der Waals surface area contributed by atoms with E-state index in [4.69, 9.17) is 14.6 Å². The van der Waals surface area contributed by atoms with Gasteiger partial charge < -0.3 is 19.7 Å². The predicted molar refractivity (Wildman–Crippen MR) is 87.2 cm³/mol. The summed E-state index contributed by atoms with van der Waals surface area (Å²) in [5, 5.41) is 18.9. The lowest BCUT2D eigenvalue weighted by Crippen LogP contribution is -2.44. The molecule has 24 heavy (non-hydrogen) atoms. The molecule has 2 N–H and O–H groups in total. The van der Waals surface area contributed by atoms with Crippen molar-refractivity contribution in [1.29, 1.82) is 0 Å². The zero-order valence-electron chi connectivity index (χ0n) is 13.9. The number of phenols is 1. The highest BCUT2D eigenvalue weighted by molar-refractivity contribution is 5.69. The van der Waals surface area contributed by atoms with Gasteiger partial charge in [-0.3, -0.25) is 14.6 Å². The number of rotatable bonds is 5. The summed E-state index contributed by atoms with van der Waals surface area (Å²) in [6.45, 7) is 4.20. The van der Waals surface area contributed by atoms with Crippen LogP contribution in [0.3, 0.4) is 0 Å². The SMILES string of the molecule is COc1ccc(O)cc1CN1C[C@H]2COC[C@@H]1CN(CC(=O)O)C2. The standard InChI is InChI=1S/C17H24N2O5/c1-23-16-3-2-15(20)4-13(16)7-19-6-12-5-18(9-17(21)22)8-14(19)11-24-10-12/h2-4,12,14,20H,5-11H2,1H3,(H,21,22)/t12-,14-/m0/s1. The van der Waals surface area contributed by atoms with E-state index >= 15 is 0 Å². The summed E-state index contributed by atoms with van der Waals surface area (Å²) < 4.78 is 11.2. The van der Waals surface area contributed by atoms with Gasteiger partial charge in [0, 0.05) is 43.7 Å². The molecule has 2 aliphatic rings. The van der Waals surface area contributed by atoms with Crippen molar-refractivity contribution < 1.29 is 24.5 Å². The zero-order chi connectivity index (χ0) is 17.1. The lowest BCUT2D eigenvalue weighted by molar-refractivity contribution is -0.138. The Morgan fingerprint density at radius 1 is 1.33 bits per heavy atom. The van der Waals surface area contributed by atoms with E-state index in [1.54, 1.807) is 25.3 Å². The number of nitrogens with zero attached hydrogens (tertiary/aromatic N) is 2. The van der Waals surface area contributed by atoms with Crippen LogP contribution in [0.2, 0.25) is 0 Å². The van der Waals surface area contributed by atoms with E-state index < -0.39 is 5.97 Å². The number of phenolic OH excluding ortho intramolecular Hbond substituents is 1. The average Bonchev–Trinajstić information content (AvgIpc) is 2.77. The topological polar surface area (TPSA) is 82.5 Å². The molecule has 7 nitrogen and oxygen atoms in total. The fourth-order valence-electron chi connectivity index (χ4n) is 3.65. The molecule has 3 rings (SSSR count). The van der Waals surface area contributed by atoms with E-state index in [2.05, 4.69) is 4.90 Å². The molecular formula is C17H24N2O5. The molecule has 7 heteroatoms. The Labute approximate surface area is 141 Å². The van der Waals surface area contributed by atoms with Gasteiger partial charge in [-0.05, 0) is 18.2 Å². The number of aliphatic carboxylic acids is 1. The van der Waals surface area contributed by atoms with E-state index in [0.717, 1.165) is 24.4 Å². The summed E-state index contributed by atoms with van der Waals surface area (Å²) in [5.74, 6) is 0.444. The maximum atomic E-state index is 11.1. The van der Waals surface area contributed by atoms with Crippen molar-refractivity contribution in [3.05, 3.63) is 23.8 Å². The summed E-state index contributed by atoms with van der Waals surface area (Å²) >= 11 is 0. The molecule has 2 heterocycles. The van der Waals surface area contributed by atoms with E-state index in [1.165, 1.54) is 0 Å². The van der Waals surface area contributed by atoms with Crippen molar-refractivity contribution in [3.63, 3.8) is 0 Å². The van der Waals surface area contributed by atoms with Crippen LogP contribution in [0.5, 0.6) is 11.5 Å². The van der Waals surface area contributed by atoms with Gasteiger partial charge in [0.25, 0.3) is 0 Å². The van der Waals surface area contributed by atoms with Crippen LogP contribution < -0.4 is 4.74 Å². The maximum Gasteiger partial charge on any atom is 0.317 e. The first-order chi connectivity index (χ1) is 11.5. The second kappa shape index (κ2) is 7.38. The predicted octanol–water partition coefficient (Wildman–Crippen LogP) is 0.618. The lowest BCUT2D eigenvalue weighted by Gasteiger charge is -2.30. The third kappa shape index (κ3) is 3.98. The Hall–Kier alpha value is -1.83. The number of carboxylic acid groups (broad SMARTS) is 1. The molecule has 0 aliphatic carbocycles. The number of hydrogen-bond acceptors (Lipinski definition) is 6. The Balaban J connectivity index is 1.78. The van der Waals surface area contributed by atoms with Gasteiger partial charge in [0.05, 0.1) is 26.9 Å². The van der Waals surface area contributed by atoms with Gasteiger partial charge in [-0.15, -0.1) is 0 Å². The van der Waals surface area contributed by atoms with Crippen LogP contribution in [0.4, 0.5) is 0 Å². The molecule has 1 aromatic rings. The fraction of sp³-hybridized carbons (Fsp3) is 0.588. The minimum Gasteiger partial charge on any atom is -0.508 e. The molecule has 2 fully saturated rings. The highest BCUT2D eigenvalue weighted by atomic mass is 16.5. The number of hydrogen-bond donors (Lipinski definition) is 2. The van der Waals surface area contributed by atoms with Gasteiger partial charge in [-0.1, -0.05) is 0 Å². The van der Waals surface area contributed by atoms with Crippen LogP contribution in [-0.4, -0.2) is 78.5 Å². The quantitative estimate of drug-likeness (QED) is 0.815. The Bertz CT molecular complexity index is 594. The number of methoxy groups -OCH3 is 1. The lowest BCUT2D eigenvalue weighted by atomic mass is 10.1. The molecule has 1 aromatic carbocycles. The Morgan fingerprint density at radius 3 is 2.92 bits per heavy atom. The number of aromatic hydroxyl groups is 1. The number of carboxylic acids is 1. The zero-order valence-corrected chi connectivity index (χ0v) is 13.9. The number of fused-ring (bicyclic) bond motifs is 3. The monoisotopic (exact) mass is 336 g/mol. The highest BCUT2D eigenvalue weighted by Crippen LogP contribution is 2.28. The largest absolute Gasteiger partial charge is 0.508 e. The van der Waals surface area contributed by atoms with Gasteiger partial charge in [-0.2, -0.15) is 0 Å². The van der Waals surface area contributed by atoms with Crippen LogP contribution in [0.1, 0.15) is 5.56 Å². The van der Waals surface area contributed by atoms with Crippen molar-refractivity contribution in [3.8, 4) is 11.5 Å². The summed E-state index contributed by atoms with van der Waals surface area (Å²) in [6.07, 6.45) is 0. The first kappa shape index (κ1) is 17.0. The molecule has 0 amide bonds. The van der Waals surface area contributed by atoms with Crippen LogP contribution in [-0.2, 0) is 16.1 Å². The van der Waals surface area contributed by atoms with Crippen molar-refractivity contribution in [1.82, 2.24) is 9.80 Å². The van der Waals surface area contributed by atoms with Crippen LogP contribution in [0.25, 0.3) is 0 Å². The van der Waals surface area contributed by atoms with E-state index in [1.807, 2.05) is 4.90 Å². The normalized spacial score (nSPS) is 25.2. The van der Waals surface area contributed by atoms with Gasteiger partial charge >= 0.3 is 5.97 Å². The molecule has 2 aliphatic heterocycles. The summed E-state index contributed by atoms with van der Waals surface area (Å²) in [5.41, 5.74) is 0.926. The number of ether oxygens (including phenoxy) is 2. The minimum atomic E-state index is -0.794. The van der Waals surface area contributed by atoms with Gasteiger partial charge in [0.2, 0.25) is 0 Å². The number of benzene rings is 1. The van der Waals surface area contributed by atoms with Crippen molar-refractivity contribution in [2.75, 3.05) is 46.5 Å². The van der Waals surface area contributed by atoms with E-state index in [-0.39, 0.29) is 24.3 Å². The van der Waals surface area contributed by atoms with Crippen molar-refractivity contribution >= 4 is 5.97 Å². The Morgan fingerprint density at radius 2 is 2.17 bits per heavy atom. The molecular weight excluding hydrogens is 312 g/mol. The molecule has 2 bridgehead atoms. The van der Waals surface area contributed by atoms with Gasteiger partial charge in [0.15, 0.2) is 0 Å². The molecule has 132 valence electrons. The second-order valence-corrected chi connectivity index (χ2v) is 6.57. The number of carbonyl (C=O) groups is 1. The minimum absolute atomic E-state index is 0.0658. The molecule has 2 atom stereocenters. The van der Waals surface area contributed by atoms with Crippen molar-refractivity contribution in [2.24, 2.45) is 5.92 Å². The first-order valence-corrected chi connectivity index (χ1v) is 8.17. The molecule has 0 saturated carbocycles. The molecule has 0 radical (unpaired) electrons. The molecule has 0 aromatic heterocycles. The van der Waals surface area contributed by atoms with Gasteiger partial charge in [-0.25, -0.2) is 0 Å². The van der Waals surface area contributed by atoms with E-state index in [9.17, 15) is 9.90 Å². The molecule has 0 spiro atoms.